The van der Waals surface area contributed by atoms with Crippen LogP contribution in [0, 0.1) is 0 Å². The molecule has 0 saturated heterocycles. The van der Waals surface area contributed by atoms with E-state index in [9.17, 15) is 0 Å². The summed E-state index contributed by atoms with van der Waals surface area (Å²) in [4.78, 5) is 4.61. The molecule has 0 unspecified atom stereocenters. The maximum Gasteiger partial charge on any atom is 0.119 e. The van der Waals surface area contributed by atoms with Crippen LogP contribution in [0.4, 0.5) is 0 Å². The Hall–Kier alpha value is -0.450. The van der Waals surface area contributed by atoms with Gasteiger partial charge in [0.1, 0.15) is 5.01 Å². The van der Waals surface area contributed by atoms with Gasteiger partial charge in [-0.2, -0.15) is 0 Å². The van der Waals surface area contributed by atoms with Gasteiger partial charge in [-0.3, -0.25) is 0 Å². The van der Waals surface area contributed by atoms with Crippen molar-refractivity contribution >= 4 is 11.3 Å². The molecule has 1 rings (SSSR count). The minimum absolute atomic E-state index is 0.135. The molecule has 0 amide bonds. The predicted molar refractivity (Wildman–Crippen MR) is 78.2 cm³/mol. The van der Waals surface area contributed by atoms with E-state index in [1.54, 1.807) is 11.3 Å². The van der Waals surface area contributed by atoms with E-state index >= 15 is 0 Å². The van der Waals surface area contributed by atoms with Crippen LogP contribution in [0.1, 0.15) is 51.7 Å². The molecular weight excluding hydrogens is 244 g/mol. The summed E-state index contributed by atoms with van der Waals surface area (Å²) in [6.45, 7) is 13.3. The van der Waals surface area contributed by atoms with E-state index in [1.807, 2.05) is 0 Å². The van der Waals surface area contributed by atoms with Gasteiger partial charge in [0.25, 0.3) is 0 Å². The quantitative estimate of drug-likeness (QED) is 0.772. The molecule has 104 valence electrons. The van der Waals surface area contributed by atoms with E-state index in [0.717, 1.165) is 30.3 Å². The van der Waals surface area contributed by atoms with Crippen LogP contribution >= 0.6 is 11.3 Å². The second-order valence-corrected chi connectivity index (χ2v) is 6.83. The fourth-order valence-corrected chi connectivity index (χ4v) is 2.40. The summed E-state index contributed by atoms with van der Waals surface area (Å²) in [7, 11) is 0. The Morgan fingerprint density at radius 3 is 2.67 bits per heavy atom. The molecule has 0 aliphatic carbocycles. The molecule has 4 heteroatoms. The van der Waals surface area contributed by atoms with E-state index in [2.05, 4.69) is 50.3 Å². The van der Waals surface area contributed by atoms with Gasteiger partial charge >= 0.3 is 0 Å². The fraction of sp³-hybridized carbons (Fsp3) is 0.786. The van der Waals surface area contributed by atoms with Gasteiger partial charge in [0.15, 0.2) is 0 Å². The first-order valence-electron chi connectivity index (χ1n) is 6.65. The van der Waals surface area contributed by atoms with Crippen molar-refractivity contribution in [1.29, 1.82) is 0 Å². The molecule has 1 aromatic heterocycles. The summed E-state index contributed by atoms with van der Waals surface area (Å²) in [5.74, 6) is 0. The summed E-state index contributed by atoms with van der Waals surface area (Å²) in [5, 5.41) is 6.59. The van der Waals surface area contributed by atoms with Gasteiger partial charge in [-0.05, 0) is 13.0 Å². The van der Waals surface area contributed by atoms with Crippen LogP contribution in [-0.2, 0) is 16.8 Å². The Morgan fingerprint density at radius 2 is 2.11 bits per heavy atom. The molecule has 0 radical (unpaired) electrons. The van der Waals surface area contributed by atoms with Gasteiger partial charge in [0.2, 0.25) is 0 Å². The topological polar surface area (TPSA) is 34.1 Å². The molecule has 0 aromatic carbocycles. The molecule has 3 nitrogen and oxygen atoms in total. The lowest BCUT2D eigenvalue weighted by Gasteiger charge is -2.14. The number of nitrogens with zero attached hydrogens (tertiary/aromatic N) is 1. The number of aromatic nitrogens is 1. The number of nitrogens with one attached hydrogen (secondary N) is 1. The van der Waals surface area contributed by atoms with E-state index in [4.69, 9.17) is 4.74 Å². The zero-order valence-electron chi connectivity index (χ0n) is 12.2. The van der Waals surface area contributed by atoms with Crippen LogP contribution in [0.15, 0.2) is 5.38 Å². The average Bonchev–Trinajstić information content (AvgIpc) is 2.71. The zero-order chi connectivity index (χ0) is 13.6. The molecular formula is C14H26N2OS. The lowest BCUT2D eigenvalue weighted by Crippen LogP contribution is -2.24. The Balaban J connectivity index is 2.18. The number of hydrogen-bond donors (Lipinski definition) is 1. The molecule has 0 bridgehead atoms. The van der Waals surface area contributed by atoms with Crippen molar-refractivity contribution < 1.29 is 4.74 Å². The van der Waals surface area contributed by atoms with E-state index in [0.29, 0.717) is 12.6 Å². The highest BCUT2D eigenvalue weighted by Crippen LogP contribution is 2.24. The van der Waals surface area contributed by atoms with Crippen molar-refractivity contribution in [2.45, 2.75) is 59.1 Å². The highest BCUT2D eigenvalue weighted by atomic mass is 32.1. The van der Waals surface area contributed by atoms with Crippen molar-refractivity contribution in [3.05, 3.63) is 16.1 Å². The number of hydrogen-bond acceptors (Lipinski definition) is 4. The molecule has 0 aliphatic heterocycles. The van der Waals surface area contributed by atoms with Crippen LogP contribution < -0.4 is 5.32 Å². The second-order valence-electron chi connectivity index (χ2n) is 5.89. The van der Waals surface area contributed by atoms with E-state index < -0.39 is 0 Å². The maximum absolute atomic E-state index is 5.64. The Kier molecular flexibility index (Phi) is 6.26. The third-order valence-corrected chi connectivity index (χ3v) is 3.39. The van der Waals surface area contributed by atoms with Crippen molar-refractivity contribution in [1.82, 2.24) is 10.3 Å². The molecule has 0 spiro atoms. The first-order valence-corrected chi connectivity index (χ1v) is 7.53. The van der Waals surface area contributed by atoms with Gasteiger partial charge in [0.05, 0.1) is 12.3 Å². The van der Waals surface area contributed by atoms with Crippen molar-refractivity contribution in [2.24, 2.45) is 0 Å². The minimum atomic E-state index is 0.135. The normalized spacial score (nSPS) is 12.3. The summed E-state index contributed by atoms with van der Waals surface area (Å²) in [6, 6.07) is 0.554. The Bertz CT molecular complexity index is 342. The molecule has 0 saturated carbocycles. The van der Waals surface area contributed by atoms with Crippen molar-refractivity contribution in [3.8, 4) is 0 Å². The maximum atomic E-state index is 5.64. The largest absolute Gasteiger partial charge is 0.374 e. The minimum Gasteiger partial charge on any atom is -0.374 e. The Morgan fingerprint density at radius 1 is 1.39 bits per heavy atom. The molecule has 0 aliphatic rings. The lowest BCUT2D eigenvalue weighted by molar-refractivity contribution is 0.117. The number of ether oxygens (including phenoxy) is 1. The molecule has 18 heavy (non-hydrogen) atoms. The number of rotatable bonds is 7. The summed E-state index contributed by atoms with van der Waals surface area (Å²) in [5.41, 5.74) is 1.29. The molecule has 0 atom stereocenters. The van der Waals surface area contributed by atoms with Crippen LogP contribution in [0.5, 0.6) is 0 Å². The molecule has 1 aromatic rings. The van der Waals surface area contributed by atoms with Crippen LogP contribution in [0.3, 0.4) is 0 Å². The standard InChI is InChI=1S/C14H26N2OS/c1-11(2)15-7-6-8-17-9-13-16-12(10-18-13)14(3,4)5/h10-11,15H,6-9H2,1-5H3. The van der Waals surface area contributed by atoms with Crippen LogP contribution in [0.2, 0.25) is 0 Å². The van der Waals surface area contributed by atoms with Gasteiger partial charge in [-0.25, -0.2) is 4.98 Å². The molecule has 1 heterocycles. The SMILES string of the molecule is CC(C)NCCCOCc1nc(C(C)(C)C)cs1. The van der Waals surface area contributed by atoms with Gasteiger partial charge in [-0.15, -0.1) is 11.3 Å². The monoisotopic (exact) mass is 270 g/mol. The Labute approximate surface area is 115 Å². The van der Waals surface area contributed by atoms with Crippen molar-refractivity contribution in [3.63, 3.8) is 0 Å². The summed E-state index contributed by atoms with van der Waals surface area (Å²) in [6.07, 6.45) is 1.05. The third kappa shape index (κ3) is 5.94. The smallest absolute Gasteiger partial charge is 0.119 e. The highest BCUT2D eigenvalue weighted by molar-refractivity contribution is 7.09. The first kappa shape index (κ1) is 15.6. The van der Waals surface area contributed by atoms with Crippen LogP contribution in [-0.4, -0.2) is 24.2 Å². The fourth-order valence-electron chi connectivity index (χ4n) is 1.45. The molecule has 0 fully saturated rings. The van der Waals surface area contributed by atoms with Gasteiger partial charge in [-0.1, -0.05) is 34.6 Å². The third-order valence-electron chi connectivity index (χ3n) is 2.56. The van der Waals surface area contributed by atoms with Gasteiger partial charge in [0, 0.05) is 23.4 Å². The first-order chi connectivity index (χ1) is 8.39. The second kappa shape index (κ2) is 7.22. The lowest BCUT2D eigenvalue weighted by atomic mass is 9.93. The van der Waals surface area contributed by atoms with E-state index in [1.165, 1.54) is 0 Å². The highest BCUT2D eigenvalue weighted by Gasteiger charge is 2.17. The van der Waals surface area contributed by atoms with Crippen molar-refractivity contribution in [2.75, 3.05) is 13.2 Å². The van der Waals surface area contributed by atoms with Crippen LogP contribution in [0.25, 0.3) is 0 Å². The number of thiazole rings is 1. The van der Waals surface area contributed by atoms with E-state index in [-0.39, 0.29) is 5.41 Å². The summed E-state index contributed by atoms with van der Waals surface area (Å²) >= 11 is 1.69. The zero-order valence-corrected chi connectivity index (χ0v) is 13.1. The average molecular weight is 270 g/mol. The van der Waals surface area contributed by atoms with Gasteiger partial charge < -0.3 is 10.1 Å². The molecule has 1 N–H and O–H groups in total. The predicted octanol–water partition coefficient (Wildman–Crippen LogP) is 3.35. The summed E-state index contributed by atoms with van der Waals surface area (Å²) < 4.78 is 5.64.